The van der Waals surface area contributed by atoms with E-state index in [1.807, 2.05) is 44.2 Å². The lowest BCUT2D eigenvalue weighted by molar-refractivity contribution is -0.410. The van der Waals surface area contributed by atoms with E-state index in [0.29, 0.717) is 5.03 Å². The van der Waals surface area contributed by atoms with E-state index in [1.165, 1.54) is 17.8 Å². The van der Waals surface area contributed by atoms with Gasteiger partial charge < -0.3 is 5.32 Å². The van der Waals surface area contributed by atoms with Crippen LogP contribution < -0.4 is 16.0 Å². The molecule has 0 aliphatic heterocycles. The summed E-state index contributed by atoms with van der Waals surface area (Å²) in [6.45, 7) is 4.10. The van der Waals surface area contributed by atoms with E-state index in [1.54, 1.807) is 0 Å². The summed E-state index contributed by atoms with van der Waals surface area (Å²) >= 11 is 1.18. The van der Waals surface area contributed by atoms with Crippen molar-refractivity contribution in [3.8, 4) is 12.1 Å². The number of nitriles is 2. The zero-order valence-electron chi connectivity index (χ0n) is 14.7. The quantitative estimate of drug-likeness (QED) is 0.762. The maximum Gasteiger partial charge on any atom is 0.289 e. The number of aryl methyl sites for hydroxylation is 2. The number of carbonyl (C=O) groups excluding carboxylic acids is 1. The molecule has 26 heavy (non-hydrogen) atoms. The predicted octanol–water partition coefficient (Wildman–Crippen LogP) is 2.68. The monoisotopic (exact) mass is 366 g/mol. The van der Waals surface area contributed by atoms with Crippen molar-refractivity contribution in [2.45, 2.75) is 31.7 Å². The number of benzene rings is 1. The van der Waals surface area contributed by atoms with Crippen molar-refractivity contribution >= 4 is 29.2 Å². The molecule has 0 bridgehead atoms. The van der Waals surface area contributed by atoms with Crippen LogP contribution in [0.25, 0.3) is 0 Å². The van der Waals surface area contributed by atoms with Crippen molar-refractivity contribution in [2.75, 3.05) is 16.8 Å². The number of rotatable bonds is 6. The number of H-pyrrole nitrogens is 1. The molecule has 7 heteroatoms. The molecular formula is C19H20N5OS+. The Bertz CT molecular complexity index is 889. The van der Waals surface area contributed by atoms with Gasteiger partial charge in [-0.25, -0.2) is 4.98 Å². The van der Waals surface area contributed by atoms with E-state index in [2.05, 4.69) is 10.3 Å². The molecule has 0 atom stereocenters. The summed E-state index contributed by atoms with van der Waals surface area (Å²) in [6.07, 6.45) is 1.66. The minimum Gasteiger partial charge on any atom is -0.325 e. The van der Waals surface area contributed by atoms with Crippen LogP contribution in [0.5, 0.6) is 0 Å². The maximum atomic E-state index is 12.4. The molecule has 0 unspecified atom stereocenters. The molecule has 0 aliphatic rings. The van der Waals surface area contributed by atoms with Crippen LogP contribution in [0.3, 0.4) is 0 Å². The summed E-state index contributed by atoms with van der Waals surface area (Å²) in [5.74, 6) is 0.141. The van der Waals surface area contributed by atoms with Crippen LogP contribution in [0.15, 0.2) is 29.3 Å². The first-order valence-corrected chi connectivity index (χ1v) is 9.21. The Morgan fingerprint density at radius 3 is 2.35 bits per heavy atom. The Morgan fingerprint density at radius 1 is 1.19 bits per heavy atom. The molecule has 6 nitrogen and oxygen atoms in total. The molecule has 1 amide bonds. The van der Waals surface area contributed by atoms with Gasteiger partial charge in [-0.15, -0.1) is 0 Å². The fraction of sp³-hybridized carbons (Fsp3) is 0.263. The Morgan fingerprint density at radius 2 is 1.81 bits per heavy atom. The van der Waals surface area contributed by atoms with Crippen LogP contribution in [-0.2, 0) is 17.6 Å². The van der Waals surface area contributed by atoms with Crippen LogP contribution >= 0.6 is 11.8 Å². The van der Waals surface area contributed by atoms with E-state index in [-0.39, 0.29) is 28.6 Å². The number of para-hydroxylation sites is 1. The molecular weight excluding hydrogens is 346 g/mol. The number of hydrogen-bond donors (Lipinski definition) is 2. The number of amides is 1. The van der Waals surface area contributed by atoms with Gasteiger partial charge in [0, 0.05) is 5.69 Å². The highest BCUT2D eigenvalue weighted by molar-refractivity contribution is 7.99. The van der Waals surface area contributed by atoms with Crippen LogP contribution in [0.1, 0.15) is 36.1 Å². The summed E-state index contributed by atoms with van der Waals surface area (Å²) in [7, 11) is 0. The molecule has 1 aromatic carbocycles. The molecule has 0 aliphatic carbocycles. The van der Waals surface area contributed by atoms with Gasteiger partial charge in [0.2, 0.25) is 5.91 Å². The zero-order valence-corrected chi connectivity index (χ0v) is 15.5. The van der Waals surface area contributed by atoms with Crippen molar-refractivity contribution in [2.24, 2.45) is 0 Å². The minimum atomic E-state index is -0.161. The molecule has 1 heterocycles. The van der Waals surface area contributed by atoms with Gasteiger partial charge in [-0.2, -0.15) is 10.5 Å². The minimum absolute atomic E-state index is 0.123. The molecule has 0 spiro atoms. The average Bonchev–Trinajstić information content (AvgIpc) is 2.66. The third-order valence-electron chi connectivity index (χ3n) is 3.92. The number of nitrogens with zero attached hydrogens (tertiary/aromatic N) is 2. The fourth-order valence-corrected chi connectivity index (χ4v) is 3.34. The van der Waals surface area contributed by atoms with Crippen molar-refractivity contribution < 1.29 is 9.78 Å². The number of aromatic amines is 1. The Labute approximate surface area is 157 Å². The topological polar surface area (TPSA) is 117 Å². The molecule has 0 radical (unpaired) electrons. The van der Waals surface area contributed by atoms with Crippen LogP contribution in [-0.4, -0.2) is 11.7 Å². The first-order chi connectivity index (χ1) is 12.5. The molecule has 1 aromatic heterocycles. The standard InChI is InChI=1S/C19H19N5OS/c1-3-12-6-5-7-13(4-2)17(12)23-16(25)11-26-19-15(10-21)8-14(9-20)18(22)24-19/h5-8H,3-4,11H2,1-2H3,(H2,22,24)(H,23,25)/p+1. The molecule has 2 aromatic rings. The third kappa shape index (κ3) is 4.33. The van der Waals surface area contributed by atoms with Gasteiger partial charge in [0.15, 0.2) is 5.03 Å². The largest absolute Gasteiger partial charge is 0.325 e. The van der Waals surface area contributed by atoms with Crippen LogP contribution in [0.2, 0.25) is 0 Å². The Balaban J connectivity index is 2.15. The first kappa shape index (κ1) is 19.3. The van der Waals surface area contributed by atoms with E-state index in [0.717, 1.165) is 29.7 Å². The van der Waals surface area contributed by atoms with Gasteiger partial charge in [-0.1, -0.05) is 43.8 Å². The number of thioether (sulfide) groups is 1. The molecule has 0 fully saturated rings. The molecule has 132 valence electrons. The SMILES string of the molecule is CCc1cccc(CC)c1NC(=O)CSc1[nH+]c(N)c(C#N)cc1C#N. The molecule has 2 rings (SSSR count). The highest BCUT2D eigenvalue weighted by Gasteiger charge is 2.17. The lowest BCUT2D eigenvalue weighted by Crippen LogP contribution is -2.20. The summed E-state index contributed by atoms with van der Waals surface area (Å²) in [5.41, 5.74) is 9.31. The van der Waals surface area contributed by atoms with Gasteiger partial charge in [0.05, 0.1) is 5.75 Å². The number of hydrogen-bond acceptors (Lipinski definition) is 5. The second kappa shape index (κ2) is 8.89. The summed E-state index contributed by atoms with van der Waals surface area (Å²) in [6, 6.07) is 11.4. The highest BCUT2D eigenvalue weighted by atomic mass is 32.2. The van der Waals surface area contributed by atoms with Gasteiger partial charge in [0.1, 0.15) is 23.3 Å². The van der Waals surface area contributed by atoms with Crippen molar-refractivity contribution in [1.29, 1.82) is 10.5 Å². The molecule has 0 saturated carbocycles. The van der Waals surface area contributed by atoms with Crippen molar-refractivity contribution in [3.05, 3.63) is 46.5 Å². The second-order valence-electron chi connectivity index (χ2n) is 5.56. The van der Waals surface area contributed by atoms with Gasteiger partial charge in [0.25, 0.3) is 5.82 Å². The van der Waals surface area contributed by atoms with Gasteiger partial charge in [-0.05, 0) is 30.0 Å². The number of nitrogens with two attached hydrogens (primary N) is 1. The van der Waals surface area contributed by atoms with Crippen LogP contribution in [0, 0.1) is 22.7 Å². The lowest BCUT2D eigenvalue weighted by Gasteiger charge is -2.14. The maximum absolute atomic E-state index is 12.4. The zero-order chi connectivity index (χ0) is 19.1. The highest BCUT2D eigenvalue weighted by Crippen LogP contribution is 2.24. The number of carbonyl (C=O) groups is 1. The van der Waals surface area contributed by atoms with Crippen molar-refractivity contribution in [3.63, 3.8) is 0 Å². The normalized spacial score (nSPS) is 10.0. The van der Waals surface area contributed by atoms with E-state index in [9.17, 15) is 10.1 Å². The van der Waals surface area contributed by atoms with Crippen LogP contribution in [0.4, 0.5) is 11.5 Å². The Hall–Kier alpha value is -3.03. The molecule has 0 saturated heterocycles. The first-order valence-electron chi connectivity index (χ1n) is 8.23. The second-order valence-corrected chi connectivity index (χ2v) is 6.54. The van der Waals surface area contributed by atoms with Gasteiger partial charge in [-0.3, -0.25) is 10.5 Å². The smallest absolute Gasteiger partial charge is 0.289 e. The number of anilines is 2. The third-order valence-corrected chi connectivity index (χ3v) is 4.94. The predicted molar refractivity (Wildman–Crippen MR) is 101 cm³/mol. The molecule has 4 N–H and O–H groups in total. The fourth-order valence-electron chi connectivity index (χ4n) is 2.55. The van der Waals surface area contributed by atoms with E-state index in [4.69, 9.17) is 11.0 Å². The van der Waals surface area contributed by atoms with Gasteiger partial charge >= 0.3 is 0 Å². The number of pyridine rings is 1. The number of nitrogen functional groups attached to an aromatic ring is 1. The van der Waals surface area contributed by atoms with Crippen molar-refractivity contribution in [1.82, 2.24) is 0 Å². The number of aromatic nitrogens is 1. The Kier molecular flexibility index (Phi) is 6.60. The van der Waals surface area contributed by atoms with E-state index < -0.39 is 0 Å². The summed E-state index contributed by atoms with van der Waals surface area (Å²) in [5, 5.41) is 21.7. The number of nitrogens with one attached hydrogen (secondary N) is 2. The van der Waals surface area contributed by atoms with E-state index >= 15 is 0 Å². The summed E-state index contributed by atoms with van der Waals surface area (Å²) in [4.78, 5) is 15.2. The lowest BCUT2D eigenvalue weighted by atomic mass is 10.0. The summed E-state index contributed by atoms with van der Waals surface area (Å²) < 4.78 is 0. The average molecular weight is 366 g/mol.